The molecule has 76 valence electrons. The molecule has 1 aromatic rings. The summed E-state index contributed by atoms with van der Waals surface area (Å²) in [7, 11) is 0. The van der Waals surface area contributed by atoms with E-state index in [1.807, 2.05) is 0 Å². The first-order valence-electron chi connectivity index (χ1n) is 5.28. The average Bonchev–Trinajstić information content (AvgIpc) is 2.71. The van der Waals surface area contributed by atoms with Gasteiger partial charge in [-0.25, -0.2) is 4.39 Å². The van der Waals surface area contributed by atoms with Crippen molar-refractivity contribution in [3.63, 3.8) is 0 Å². The minimum absolute atomic E-state index is 0.0955. The summed E-state index contributed by atoms with van der Waals surface area (Å²) >= 11 is 0. The maximum absolute atomic E-state index is 12.7. The van der Waals surface area contributed by atoms with Crippen molar-refractivity contribution in [3.8, 4) is 0 Å². The third kappa shape index (κ3) is 1.95. The lowest BCUT2D eigenvalue weighted by molar-refractivity contribution is 0.444. The van der Waals surface area contributed by atoms with E-state index < -0.39 is 0 Å². The van der Waals surface area contributed by atoms with Crippen LogP contribution in [0.1, 0.15) is 37.3 Å². The number of halogens is 1. The van der Waals surface area contributed by atoms with Crippen molar-refractivity contribution in [1.82, 2.24) is 0 Å². The minimum atomic E-state index is -0.188. The lowest BCUT2D eigenvalue weighted by atomic mass is 9.93. The van der Waals surface area contributed by atoms with Crippen LogP contribution in [0.15, 0.2) is 24.3 Å². The standard InChI is InChI=1S/C12H16FN/c13-11-7-5-10(6-8-11)12(14)9-3-1-2-4-9/h5-9,12H,1-4,14H2/t12-/m1/s1. The van der Waals surface area contributed by atoms with E-state index in [4.69, 9.17) is 5.73 Å². The quantitative estimate of drug-likeness (QED) is 0.767. The summed E-state index contributed by atoms with van der Waals surface area (Å²) in [4.78, 5) is 0. The van der Waals surface area contributed by atoms with Gasteiger partial charge >= 0.3 is 0 Å². The Morgan fingerprint density at radius 1 is 1.14 bits per heavy atom. The van der Waals surface area contributed by atoms with Gasteiger partial charge in [-0.15, -0.1) is 0 Å². The second-order valence-electron chi connectivity index (χ2n) is 4.12. The Morgan fingerprint density at radius 2 is 1.71 bits per heavy atom. The van der Waals surface area contributed by atoms with Gasteiger partial charge in [0.1, 0.15) is 5.82 Å². The Balaban J connectivity index is 2.09. The predicted molar refractivity (Wildman–Crippen MR) is 55.3 cm³/mol. The van der Waals surface area contributed by atoms with Crippen molar-refractivity contribution < 1.29 is 4.39 Å². The van der Waals surface area contributed by atoms with Crippen molar-refractivity contribution in [2.45, 2.75) is 31.7 Å². The van der Waals surface area contributed by atoms with E-state index in [1.165, 1.54) is 37.8 Å². The number of nitrogens with two attached hydrogens (primary N) is 1. The van der Waals surface area contributed by atoms with E-state index in [2.05, 4.69) is 0 Å². The van der Waals surface area contributed by atoms with Gasteiger partial charge in [0.2, 0.25) is 0 Å². The van der Waals surface area contributed by atoms with Gasteiger partial charge in [0.15, 0.2) is 0 Å². The molecule has 1 atom stereocenters. The first kappa shape index (κ1) is 9.66. The van der Waals surface area contributed by atoms with Crippen LogP contribution < -0.4 is 5.73 Å². The highest BCUT2D eigenvalue weighted by molar-refractivity contribution is 5.20. The summed E-state index contributed by atoms with van der Waals surface area (Å²) in [5.74, 6) is 0.410. The third-order valence-corrected chi connectivity index (χ3v) is 3.16. The molecular formula is C12H16FN. The molecule has 0 spiro atoms. The summed E-state index contributed by atoms with van der Waals surface area (Å²) in [6.07, 6.45) is 5.02. The molecule has 2 rings (SSSR count). The maximum Gasteiger partial charge on any atom is 0.123 e. The maximum atomic E-state index is 12.7. The van der Waals surface area contributed by atoms with E-state index in [9.17, 15) is 4.39 Å². The molecule has 0 heterocycles. The lowest BCUT2D eigenvalue weighted by Gasteiger charge is -2.18. The summed E-state index contributed by atoms with van der Waals surface area (Å²) in [5, 5.41) is 0. The molecule has 2 N–H and O–H groups in total. The van der Waals surface area contributed by atoms with Crippen LogP contribution in [0.4, 0.5) is 4.39 Å². The molecule has 1 aliphatic rings. The molecule has 1 saturated carbocycles. The zero-order valence-corrected chi connectivity index (χ0v) is 8.25. The highest BCUT2D eigenvalue weighted by Gasteiger charge is 2.22. The van der Waals surface area contributed by atoms with E-state index in [0.717, 1.165) is 5.56 Å². The third-order valence-electron chi connectivity index (χ3n) is 3.16. The molecule has 1 aromatic carbocycles. The Hall–Kier alpha value is -0.890. The van der Waals surface area contributed by atoms with Crippen LogP contribution in [0.25, 0.3) is 0 Å². The van der Waals surface area contributed by atoms with Gasteiger partial charge in [-0.1, -0.05) is 25.0 Å². The summed E-state index contributed by atoms with van der Waals surface area (Å²) in [5.41, 5.74) is 7.20. The van der Waals surface area contributed by atoms with Crippen LogP contribution in [-0.4, -0.2) is 0 Å². The number of benzene rings is 1. The number of hydrogen-bond donors (Lipinski definition) is 1. The van der Waals surface area contributed by atoms with Crippen LogP contribution in [0, 0.1) is 11.7 Å². The minimum Gasteiger partial charge on any atom is -0.324 e. The van der Waals surface area contributed by atoms with Crippen molar-refractivity contribution in [1.29, 1.82) is 0 Å². The molecule has 2 heteroatoms. The topological polar surface area (TPSA) is 26.0 Å². The molecule has 0 saturated heterocycles. The molecule has 0 amide bonds. The van der Waals surface area contributed by atoms with Crippen LogP contribution in [-0.2, 0) is 0 Å². The smallest absolute Gasteiger partial charge is 0.123 e. The fourth-order valence-corrected chi connectivity index (χ4v) is 2.27. The second-order valence-corrected chi connectivity index (χ2v) is 4.12. The van der Waals surface area contributed by atoms with Crippen LogP contribution >= 0.6 is 0 Å². The molecule has 0 aliphatic heterocycles. The highest BCUT2D eigenvalue weighted by atomic mass is 19.1. The summed E-state index contributed by atoms with van der Waals surface area (Å²) in [6, 6.07) is 6.68. The second kappa shape index (κ2) is 4.09. The molecule has 1 fully saturated rings. The SMILES string of the molecule is N[C@@H](c1ccc(F)cc1)C1CCCC1. The molecular weight excluding hydrogens is 177 g/mol. The molecule has 14 heavy (non-hydrogen) atoms. The molecule has 1 nitrogen and oxygen atoms in total. The van der Waals surface area contributed by atoms with Crippen molar-refractivity contribution in [2.75, 3.05) is 0 Å². The van der Waals surface area contributed by atoms with Crippen LogP contribution in [0.2, 0.25) is 0 Å². The lowest BCUT2D eigenvalue weighted by Crippen LogP contribution is -2.18. The Morgan fingerprint density at radius 3 is 2.29 bits per heavy atom. The first-order valence-corrected chi connectivity index (χ1v) is 5.28. The van der Waals surface area contributed by atoms with Crippen molar-refractivity contribution in [3.05, 3.63) is 35.6 Å². The van der Waals surface area contributed by atoms with E-state index >= 15 is 0 Å². The van der Waals surface area contributed by atoms with E-state index in [-0.39, 0.29) is 11.9 Å². The van der Waals surface area contributed by atoms with Crippen molar-refractivity contribution in [2.24, 2.45) is 11.7 Å². The zero-order chi connectivity index (χ0) is 9.97. The average molecular weight is 193 g/mol. The van der Waals surface area contributed by atoms with Gasteiger partial charge < -0.3 is 5.73 Å². The largest absolute Gasteiger partial charge is 0.324 e. The summed E-state index contributed by atoms with van der Waals surface area (Å²) in [6.45, 7) is 0. The van der Waals surface area contributed by atoms with E-state index in [1.54, 1.807) is 12.1 Å². The number of rotatable bonds is 2. The monoisotopic (exact) mass is 193 g/mol. The zero-order valence-electron chi connectivity index (χ0n) is 8.25. The molecule has 0 radical (unpaired) electrons. The Bertz CT molecular complexity index is 288. The Kier molecular flexibility index (Phi) is 2.82. The molecule has 0 bridgehead atoms. The normalized spacial score (nSPS) is 19.9. The predicted octanol–water partition coefficient (Wildman–Crippen LogP) is 3.02. The van der Waals surface area contributed by atoms with E-state index in [0.29, 0.717) is 5.92 Å². The Labute approximate surface area is 84.1 Å². The summed E-state index contributed by atoms with van der Waals surface area (Å²) < 4.78 is 12.7. The van der Waals surface area contributed by atoms with Gasteiger partial charge in [0, 0.05) is 6.04 Å². The van der Waals surface area contributed by atoms with Crippen LogP contribution in [0.5, 0.6) is 0 Å². The van der Waals surface area contributed by atoms with Gasteiger partial charge in [-0.2, -0.15) is 0 Å². The van der Waals surface area contributed by atoms with Crippen molar-refractivity contribution >= 4 is 0 Å². The fraction of sp³-hybridized carbons (Fsp3) is 0.500. The van der Waals surface area contributed by atoms with Gasteiger partial charge in [-0.3, -0.25) is 0 Å². The molecule has 0 aromatic heterocycles. The highest BCUT2D eigenvalue weighted by Crippen LogP contribution is 2.33. The van der Waals surface area contributed by atoms with Gasteiger partial charge in [-0.05, 0) is 36.5 Å². The van der Waals surface area contributed by atoms with Gasteiger partial charge in [0.25, 0.3) is 0 Å². The fourth-order valence-electron chi connectivity index (χ4n) is 2.27. The van der Waals surface area contributed by atoms with Crippen LogP contribution in [0.3, 0.4) is 0 Å². The first-order chi connectivity index (χ1) is 6.77. The van der Waals surface area contributed by atoms with Gasteiger partial charge in [0.05, 0.1) is 0 Å². The molecule has 0 unspecified atom stereocenters. The molecule has 1 aliphatic carbocycles. The number of hydrogen-bond acceptors (Lipinski definition) is 1.